The molecule has 0 aliphatic rings. The summed E-state index contributed by atoms with van der Waals surface area (Å²) in [6, 6.07) is 0. The van der Waals surface area contributed by atoms with Gasteiger partial charge in [0.1, 0.15) is 0 Å². The Labute approximate surface area is 137 Å². The van der Waals surface area contributed by atoms with Crippen LogP contribution in [0.25, 0.3) is 0 Å². The zero-order valence-electron chi connectivity index (χ0n) is 14.5. The zero-order valence-corrected chi connectivity index (χ0v) is 16.2. The van der Waals surface area contributed by atoms with E-state index in [1.54, 1.807) is 0 Å². The fourth-order valence-corrected chi connectivity index (χ4v) is 7.67. The van der Waals surface area contributed by atoms with Gasteiger partial charge in [-0.1, -0.05) is 40.0 Å². The van der Waals surface area contributed by atoms with Gasteiger partial charge < -0.3 is 5.11 Å². The molecule has 0 bridgehead atoms. The van der Waals surface area contributed by atoms with Crippen molar-refractivity contribution >= 4 is 17.7 Å². The molecule has 0 amide bonds. The van der Waals surface area contributed by atoms with E-state index in [2.05, 4.69) is 20.8 Å². The molecule has 0 aromatic rings. The van der Waals surface area contributed by atoms with Gasteiger partial charge in [-0.3, -0.25) is 9.11 Å². The van der Waals surface area contributed by atoms with Gasteiger partial charge in [-0.15, -0.1) is 0 Å². The summed E-state index contributed by atoms with van der Waals surface area (Å²) in [6.45, 7) is 7.31. The maximum atomic E-state index is 9.12. The molecule has 7 heteroatoms. The minimum Gasteiger partial charge on any atom is -0.396 e. The summed E-state index contributed by atoms with van der Waals surface area (Å²) < 4.78 is 31.6. The smallest absolute Gasteiger partial charge is 0.394 e. The Bertz CT molecular complexity index is 287. The second kappa shape index (κ2) is 14.8. The number of unbranched alkanes of at least 4 members (excludes halogenated alkanes) is 3. The molecule has 0 saturated heterocycles. The Morgan fingerprint density at radius 2 is 1.00 bits per heavy atom. The molecule has 136 valence electrons. The van der Waals surface area contributed by atoms with Crippen LogP contribution in [0.15, 0.2) is 0 Å². The van der Waals surface area contributed by atoms with Crippen molar-refractivity contribution in [3.8, 4) is 0 Å². The van der Waals surface area contributed by atoms with Crippen LogP contribution in [-0.4, -0.2) is 53.9 Å². The van der Waals surface area contributed by atoms with Crippen LogP contribution >= 0.6 is 7.26 Å². The number of hydrogen-bond acceptors (Lipinski definition) is 3. The molecule has 0 saturated carbocycles. The van der Waals surface area contributed by atoms with Crippen molar-refractivity contribution in [1.82, 2.24) is 0 Å². The molecule has 0 atom stereocenters. The third kappa shape index (κ3) is 18.3. The van der Waals surface area contributed by atoms with Gasteiger partial charge in [0.25, 0.3) is 0 Å². The minimum atomic E-state index is -4.67. The van der Waals surface area contributed by atoms with E-state index in [0.717, 1.165) is 6.42 Å². The van der Waals surface area contributed by atoms with Crippen molar-refractivity contribution in [2.24, 2.45) is 0 Å². The van der Waals surface area contributed by atoms with Crippen LogP contribution < -0.4 is 0 Å². The molecule has 0 rings (SSSR count). The molecule has 0 spiro atoms. The minimum absolute atomic E-state index is 0.395. The van der Waals surface area contributed by atoms with Crippen molar-refractivity contribution in [2.45, 2.75) is 65.7 Å². The van der Waals surface area contributed by atoms with Gasteiger partial charge in [-0.2, -0.15) is 8.42 Å². The molecular formula is C15H36O5PS+. The van der Waals surface area contributed by atoms with E-state index in [1.807, 2.05) is 0 Å². The van der Waals surface area contributed by atoms with Crippen molar-refractivity contribution < 1.29 is 22.6 Å². The Morgan fingerprint density at radius 1 is 0.727 bits per heavy atom. The Hall–Kier alpha value is 0.260. The molecule has 3 N–H and O–H groups in total. The highest BCUT2D eigenvalue weighted by molar-refractivity contribution is 7.79. The predicted molar refractivity (Wildman–Crippen MR) is 97.0 cm³/mol. The van der Waals surface area contributed by atoms with E-state index < -0.39 is 17.7 Å². The van der Waals surface area contributed by atoms with Gasteiger partial charge in [-0.25, -0.2) is 0 Å². The van der Waals surface area contributed by atoms with Gasteiger partial charge in [0.15, 0.2) is 0 Å². The molecule has 0 aromatic heterocycles. The summed E-state index contributed by atoms with van der Waals surface area (Å²) in [7, 11) is -5.39. The second-order valence-corrected chi connectivity index (χ2v) is 11.2. The molecule has 22 heavy (non-hydrogen) atoms. The Kier molecular flexibility index (Phi) is 16.5. The highest BCUT2D eigenvalue weighted by atomic mass is 32.3. The molecule has 0 aromatic carbocycles. The summed E-state index contributed by atoms with van der Waals surface area (Å²) >= 11 is 0. The zero-order chi connectivity index (χ0) is 17.5. The first-order valence-electron chi connectivity index (χ1n) is 8.40. The molecule has 0 aliphatic heterocycles. The first kappa shape index (κ1) is 24.5. The molecule has 0 fully saturated rings. The van der Waals surface area contributed by atoms with Gasteiger partial charge >= 0.3 is 10.4 Å². The van der Waals surface area contributed by atoms with Crippen molar-refractivity contribution in [2.75, 3.05) is 31.3 Å². The van der Waals surface area contributed by atoms with Crippen molar-refractivity contribution in [3.63, 3.8) is 0 Å². The average molecular weight is 359 g/mol. The van der Waals surface area contributed by atoms with Crippen LogP contribution in [0.1, 0.15) is 65.7 Å². The first-order chi connectivity index (χ1) is 10.2. The lowest BCUT2D eigenvalue weighted by Crippen LogP contribution is -2.13. The SMILES string of the molecule is CCCC[P+](CCCC)(CCCC)CCCO.O=S(=O)(O)O. The molecule has 0 unspecified atom stereocenters. The first-order valence-corrected chi connectivity index (χ1v) is 12.3. The lowest BCUT2D eigenvalue weighted by atomic mass is 10.4. The summed E-state index contributed by atoms with van der Waals surface area (Å²) in [5, 5.41) is 9.12. The maximum absolute atomic E-state index is 9.12. The third-order valence-electron chi connectivity index (χ3n) is 3.75. The quantitative estimate of drug-likeness (QED) is 0.360. The number of aliphatic hydroxyl groups excluding tert-OH is 1. The number of hydrogen-bond donors (Lipinski definition) is 3. The van der Waals surface area contributed by atoms with E-state index in [1.165, 1.54) is 63.2 Å². The molecule has 5 nitrogen and oxygen atoms in total. The fraction of sp³-hybridized carbons (Fsp3) is 1.00. The van der Waals surface area contributed by atoms with Crippen LogP contribution in [-0.2, 0) is 10.4 Å². The van der Waals surface area contributed by atoms with Crippen LogP contribution in [0, 0.1) is 0 Å². The van der Waals surface area contributed by atoms with E-state index >= 15 is 0 Å². The summed E-state index contributed by atoms with van der Waals surface area (Å²) in [5.41, 5.74) is 0. The van der Waals surface area contributed by atoms with Crippen LogP contribution in [0.2, 0.25) is 0 Å². The Balaban J connectivity index is 0. The van der Waals surface area contributed by atoms with Crippen molar-refractivity contribution in [1.29, 1.82) is 0 Å². The summed E-state index contributed by atoms with van der Waals surface area (Å²) in [4.78, 5) is 0. The summed E-state index contributed by atoms with van der Waals surface area (Å²) in [6.07, 6.45) is 15.1. The van der Waals surface area contributed by atoms with Gasteiger partial charge in [-0.05, 0) is 19.3 Å². The fourth-order valence-electron chi connectivity index (χ4n) is 2.56. The summed E-state index contributed by atoms with van der Waals surface area (Å²) in [5.74, 6) is 0. The van der Waals surface area contributed by atoms with E-state index in [0.29, 0.717) is 6.61 Å². The number of rotatable bonds is 12. The predicted octanol–water partition coefficient (Wildman–Crippen LogP) is 4.13. The largest absolute Gasteiger partial charge is 0.396 e. The Morgan fingerprint density at radius 3 is 1.23 bits per heavy atom. The van der Waals surface area contributed by atoms with E-state index in [-0.39, 0.29) is 0 Å². The highest BCUT2D eigenvalue weighted by Gasteiger charge is 2.34. The normalized spacial score (nSPS) is 11.9. The van der Waals surface area contributed by atoms with E-state index in [9.17, 15) is 0 Å². The highest BCUT2D eigenvalue weighted by Crippen LogP contribution is 2.61. The van der Waals surface area contributed by atoms with Crippen LogP contribution in [0.5, 0.6) is 0 Å². The third-order valence-corrected chi connectivity index (χ3v) is 8.81. The molecule has 0 aliphatic carbocycles. The van der Waals surface area contributed by atoms with Gasteiger partial charge in [0.05, 0.1) is 24.6 Å². The van der Waals surface area contributed by atoms with Gasteiger partial charge in [0.2, 0.25) is 0 Å². The van der Waals surface area contributed by atoms with Gasteiger partial charge in [0, 0.05) is 20.3 Å². The molecular weight excluding hydrogens is 323 g/mol. The average Bonchev–Trinajstić information content (AvgIpc) is 2.44. The monoisotopic (exact) mass is 359 g/mol. The molecule has 0 radical (unpaired) electrons. The van der Waals surface area contributed by atoms with Crippen LogP contribution in [0.4, 0.5) is 0 Å². The number of aliphatic hydroxyl groups is 1. The maximum Gasteiger partial charge on any atom is 0.394 e. The second-order valence-electron chi connectivity index (χ2n) is 5.82. The van der Waals surface area contributed by atoms with Crippen molar-refractivity contribution in [3.05, 3.63) is 0 Å². The lowest BCUT2D eigenvalue weighted by Gasteiger charge is -2.27. The van der Waals surface area contributed by atoms with E-state index in [4.69, 9.17) is 22.6 Å². The topological polar surface area (TPSA) is 94.8 Å². The standard InChI is InChI=1S/C15H34OP.H2O4S/c1-4-7-12-17(13-8-5-2,14-9-6-3)15-10-11-16;1-5(2,3)4/h16H,4-15H2,1-3H3;(H2,1,2,3,4)/q+1;. The van der Waals surface area contributed by atoms with Crippen LogP contribution in [0.3, 0.4) is 0 Å². The lowest BCUT2D eigenvalue weighted by molar-refractivity contribution is 0.295. The molecule has 0 heterocycles.